The highest BCUT2D eigenvalue weighted by molar-refractivity contribution is 7.90. The molecular formula is C15H27NO2S. The number of fused-ring (bicyclic) bond motifs is 2. The molecule has 0 heterocycles. The van der Waals surface area contributed by atoms with Crippen LogP contribution in [0.1, 0.15) is 33.1 Å². The fourth-order valence-corrected chi connectivity index (χ4v) is 4.20. The average molecular weight is 285 g/mol. The summed E-state index contributed by atoms with van der Waals surface area (Å²) in [7, 11) is -2.84. The summed E-state index contributed by atoms with van der Waals surface area (Å²) in [5.74, 6) is 2.70. The van der Waals surface area contributed by atoms with E-state index in [1.165, 1.54) is 19.1 Å². The minimum absolute atomic E-state index is 0.0521. The molecule has 3 nitrogen and oxygen atoms in total. The van der Waals surface area contributed by atoms with Crippen LogP contribution < -0.4 is 5.32 Å². The number of allylic oxidation sites excluding steroid dienone is 2. The first-order chi connectivity index (χ1) is 8.75. The molecule has 3 atom stereocenters. The van der Waals surface area contributed by atoms with Gasteiger partial charge in [-0.15, -0.1) is 0 Å². The highest BCUT2D eigenvalue weighted by Crippen LogP contribution is 2.43. The fraction of sp³-hybridized carbons (Fsp3) is 0.867. The van der Waals surface area contributed by atoms with Crippen molar-refractivity contribution < 1.29 is 8.42 Å². The Morgan fingerprint density at radius 2 is 2.00 bits per heavy atom. The molecule has 1 N–H and O–H groups in total. The maximum atomic E-state index is 11.2. The lowest BCUT2D eigenvalue weighted by Crippen LogP contribution is -2.35. The van der Waals surface area contributed by atoms with Gasteiger partial charge in [-0.05, 0) is 49.0 Å². The van der Waals surface area contributed by atoms with Gasteiger partial charge in [0.05, 0.1) is 5.75 Å². The highest BCUT2D eigenvalue weighted by atomic mass is 32.2. The maximum absolute atomic E-state index is 11.2. The fourth-order valence-electron chi connectivity index (χ4n) is 3.28. The van der Waals surface area contributed by atoms with Crippen LogP contribution in [0.2, 0.25) is 0 Å². The molecule has 0 aliphatic heterocycles. The van der Waals surface area contributed by atoms with Crippen molar-refractivity contribution in [3.8, 4) is 0 Å². The summed E-state index contributed by atoms with van der Waals surface area (Å²) in [4.78, 5) is 0. The normalized spacial score (nSPS) is 30.2. The second kappa shape index (κ2) is 5.57. The molecule has 0 saturated heterocycles. The van der Waals surface area contributed by atoms with Crippen molar-refractivity contribution in [1.29, 1.82) is 0 Å². The lowest BCUT2D eigenvalue weighted by molar-refractivity contribution is 0.307. The largest absolute Gasteiger partial charge is 0.316 e. The van der Waals surface area contributed by atoms with Gasteiger partial charge in [-0.1, -0.05) is 26.0 Å². The second-order valence-electron chi connectivity index (χ2n) is 7.22. The van der Waals surface area contributed by atoms with Crippen LogP contribution in [0.15, 0.2) is 12.2 Å². The third-order valence-electron chi connectivity index (χ3n) is 4.58. The van der Waals surface area contributed by atoms with Gasteiger partial charge >= 0.3 is 0 Å². The highest BCUT2D eigenvalue weighted by Gasteiger charge is 2.35. The van der Waals surface area contributed by atoms with Gasteiger partial charge in [0.1, 0.15) is 9.84 Å². The molecule has 1 saturated carbocycles. The smallest absolute Gasteiger partial charge is 0.147 e. The molecule has 1 fully saturated rings. The number of nitrogens with one attached hydrogen (secondary N) is 1. The van der Waals surface area contributed by atoms with Crippen molar-refractivity contribution in [3.05, 3.63) is 12.2 Å². The van der Waals surface area contributed by atoms with Crippen molar-refractivity contribution in [2.45, 2.75) is 33.1 Å². The molecule has 2 aliphatic carbocycles. The first kappa shape index (κ1) is 15.0. The summed E-state index contributed by atoms with van der Waals surface area (Å²) in [6.45, 7) is 6.27. The lowest BCUT2D eigenvalue weighted by Gasteiger charge is -2.27. The number of rotatable bonds is 7. The van der Waals surface area contributed by atoms with E-state index in [1.54, 1.807) is 0 Å². The van der Waals surface area contributed by atoms with E-state index in [2.05, 4.69) is 31.3 Å². The zero-order chi connectivity index (χ0) is 14.1. The number of hydrogen-bond donors (Lipinski definition) is 1. The molecule has 110 valence electrons. The van der Waals surface area contributed by atoms with Gasteiger partial charge in [-0.2, -0.15) is 0 Å². The van der Waals surface area contributed by atoms with E-state index in [-0.39, 0.29) is 5.41 Å². The van der Waals surface area contributed by atoms with E-state index in [0.717, 1.165) is 37.3 Å². The minimum Gasteiger partial charge on any atom is -0.316 e. The Bertz CT molecular complexity index is 439. The van der Waals surface area contributed by atoms with E-state index in [1.807, 2.05) is 0 Å². The second-order valence-corrected chi connectivity index (χ2v) is 9.48. The molecule has 0 spiro atoms. The standard InChI is InChI=1S/C15H27NO2S/c1-15(2,6-7-19(3,17)18)11-16-10-14-9-12-4-5-13(14)8-12/h4-5,12-14,16H,6-11H2,1-3H3/t12-,13-,14-/m0/s1. The molecule has 4 heteroatoms. The van der Waals surface area contributed by atoms with Gasteiger partial charge in [0.25, 0.3) is 0 Å². The van der Waals surface area contributed by atoms with Crippen LogP contribution in [-0.2, 0) is 9.84 Å². The Kier molecular flexibility index (Phi) is 4.41. The minimum atomic E-state index is -2.84. The van der Waals surface area contributed by atoms with Gasteiger partial charge in [0, 0.05) is 12.8 Å². The Morgan fingerprint density at radius 1 is 1.26 bits per heavy atom. The van der Waals surface area contributed by atoms with Gasteiger partial charge in [0.15, 0.2) is 0 Å². The zero-order valence-electron chi connectivity index (χ0n) is 12.4. The van der Waals surface area contributed by atoms with Gasteiger partial charge < -0.3 is 5.32 Å². The zero-order valence-corrected chi connectivity index (χ0v) is 13.2. The maximum Gasteiger partial charge on any atom is 0.147 e. The molecule has 2 bridgehead atoms. The van der Waals surface area contributed by atoms with E-state index in [9.17, 15) is 8.42 Å². The Balaban J connectivity index is 1.68. The average Bonchev–Trinajstić information content (AvgIpc) is 2.87. The van der Waals surface area contributed by atoms with Crippen molar-refractivity contribution >= 4 is 9.84 Å². The molecule has 0 unspecified atom stereocenters. The van der Waals surface area contributed by atoms with Crippen LogP contribution >= 0.6 is 0 Å². The summed E-state index contributed by atoms with van der Waals surface area (Å²) < 4.78 is 22.4. The van der Waals surface area contributed by atoms with Gasteiger partial charge in [-0.3, -0.25) is 0 Å². The van der Waals surface area contributed by atoms with Crippen LogP contribution in [0.4, 0.5) is 0 Å². The number of hydrogen-bond acceptors (Lipinski definition) is 3. The van der Waals surface area contributed by atoms with E-state index >= 15 is 0 Å². The molecule has 0 aromatic heterocycles. The predicted octanol–water partition coefficient (Wildman–Crippen LogP) is 2.25. The van der Waals surface area contributed by atoms with Crippen LogP contribution in [0.25, 0.3) is 0 Å². The van der Waals surface area contributed by atoms with Gasteiger partial charge in [-0.25, -0.2) is 8.42 Å². The predicted molar refractivity (Wildman–Crippen MR) is 79.8 cm³/mol. The Morgan fingerprint density at radius 3 is 2.53 bits per heavy atom. The SMILES string of the molecule is CC(C)(CCS(C)(=O)=O)CNC[C@@H]1C[C@H]2C=C[C@H]1C2. The molecule has 0 amide bonds. The van der Waals surface area contributed by atoms with Crippen molar-refractivity contribution in [1.82, 2.24) is 5.32 Å². The van der Waals surface area contributed by atoms with E-state index in [0.29, 0.717) is 5.75 Å². The Hall–Kier alpha value is -0.350. The van der Waals surface area contributed by atoms with Crippen LogP contribution in [0, 0.1) is 23.2 Å². The number of sulfone groups is 1. The third kappa shape index (κ3) is 4.60. The van der Waals surface area contributed by atoms with Crippen LogP contribution in [0.5, 0.6) is 0 Å². The third-order valence-corrected chi connectivity index (χ3v) is 5.52. The summed E-state index contributed by atoms with van der Waals surface area (Å²) >= 11 is 0. The molecule has 2 aliphatic rings. The van der Waals surface area contributed by atoms with Crippen LogP contribution in [-0.4, -0.2) is 33.5 Å². The first-order valence-corrected chi connectivity index (χ1v) is 9.38. The monoisotopic (exact) mass is 285 g/mol. The summed E-state index contributed by atoms with van der Waals surface area (Å²) in [6.07, 6.45) is 9.49. The van der Waals surface area contributed by atoms with E-state index in [4.69, 9.17) is 0 Å². The molecule has 0 radical (unpaired) electrons. The molecule has 0 aromatic rings. The lowest BCUT2D eigenvalue weighted by atomic mass is 9.89. The van der Waals surface area contributed by atoms with Crippen LogP contribution in [0.3, 0.4) is 0 Å². The van der Waals surface area contributed by atoms with E-state index < -0.39 is 9.84 Å². The quantitative estimate of drug-likeness (QED) is 0.730. The topological polar surface area (TPSA) is 46.2 Å². The summed E-state index contributed by atoms with van der Waals surface area (Å²) in [6, 6.07) is 0. The van der Waals surface area contributed by atoms with Crippen molar-refractivity contribution in [2.75, 3.05) is 25.1 Å². The summed E-state index contributed by atoms with van der Waals surface area (Å²) in [5, 5.41) is 3.56. The van der Waals surface area contributed by atoms with Gasteiger partial charge in [0.2, 0.25) is 0 Å². The Labute approximate surface area is 117 Å². The van der Waals surface area contributed by atoms with Crippen molar-refractivity contribution in [3.63, 3.8) is 0 Å². The summed E-state index contributed by atoms with van der Waals surface area (Å²) in [5.41, 5.74) is 0.0521. The molecule has 0 aromatic carbocycles. The molecular weight excluding hydrogens is 258 g/mol. The molecule has 19 heavy (non-hydrogen) atoms. The molecule has 2 rings (SSSR count). The van der Waals surface area contributed by atoms with Crippen molar-refractivity contribution in [2.24, 2.45) is 23.2 Å². The first-order valence-electron chi connectivity index (χ1n) is 7.32.